The van der Waals surface area contributed by atoms with Crippen LogP contribution in [0, 0.1) is 5.41 Å². The van der Waals surface area contributed by atoms with Gasteiger partial charge in [-0.05, 0) is 12.5 Å². The summed E-state index contributed by atoms with van der Waals surface area (Å²) in [5.41, 5.74) is 0.255. The summed E-state index contributed by atoms with van der Waals surface area (Å²) in [7, 11) is 0. The van der Waals surface area contributed by atoms with Crippen LogP contribution < -0.4 is 0 Å². The van der Waals surface area contributed by atoms with Crippen molar-refractivity contribution in [3.63, 3.8) is 0 Å². The molecule has 4 heteroatoms. The molecule has 0 unspecified atom stereocenters. The molecule has 0 heterocycles. The van der Waals surface area contributed by atoms with Crippen molar-refractivity contribution >= 4 is 37.8 Å². The molecule has 80 valence electrons. The van der Waals surface area contributed by atoms with Gasteiger partial charge in [0.25, 0.3) is 0 Å². The van der Waals surface area contributed by atoms with Crippen LogP contribution in [0.2, 0.25) is 0 Å². The Morgan fingerprint density at radius 2 is 1.87 bits per heavy atom. The lowest BCUT2D eigenvalue weighted by Gasteiger charge is -2.04. The van der Waals surface area contributed by atoms with Gasteiger partial charge in [0.2, 0.25) is 0 Å². The van der Waals surface area contributed by atoms with Crippen LogP contribution in [0.5, 0.6) is 0 Å². The van der Waals surface area contributed by atoms with Crippen molar-refractivity contribution in [1.82, 2.24) is 0 Å². The zero-order valence-electron chi connectivity index (χ0n) is 8.08. The molecule has 15 heavy (non-hydrogen) atoms. The topological polar surface area (TPSA) is 37.3 Å². The summed E-state index contributed by atoms with van der Waals surface area (Å²) < 4.78 is -0.528. The number of hydrogen-bond donors (Lipinski definition) is 1. The summed E-state index contributed by atoms with van der Waals surface area (Å²) in [5, 5.41) is 9.22. The van der Waals surface area contributed by atoms with Crippen LogP contribution in [0.1, 0.15) is 18.4 Å². The van der Waals surface area contributed by atoms with Crippen LogP contribution in [0.4, 0.5) is 0 Å². The predicted octanol–water partition coefficient (Wildman–Crippen LogP) is 3.36. The fourth-order valence-corrected chi connectivity index (χ4v) is 4.00. The maximum absolute atomic E-state index is 11.2. The number of aliphatic carboxylic acids is 1. The molecule has 2 atom stereocenters. The van der Waals surface area contributed by atoms with E-state index >= 15 is 0 Å². The number of halogens is 2. The predicted molar refractivity (Wildman–Crippen MR) is 65.5 cm³/mol. The van der Waals surface area contributed by atoms with E-state index in [2.05, 4.69) is 31.9 Å². The molecule has 0 bridgehead atoms. The van der Waals surface area contributed by atoms with Crippen LogP contribution in [0.25, 0.3) is 0 Å². The number of benzene rings is 1. The molecule has 0 aliphatic heterocycles. The summed E-state index contributed by atoms with van der Waals surface area (Å²) in [5.74, 6) is -0.825. The van der Waals surface area contributed by atoms with Gasteiger partial charge in [0.15, 0.2) is 0 Å². The monoisotopic (exact) mass is 332 g/mol. The number of carboxylic acids is 1. The van der Waals surface area contributed by atoms with Crippen LogP contribution >= 0.6 is 31.9 Å². The number of hydrogen-bond acceptors (Lipinski definition) is 1. The molecular formula is C11H10Br2O2. The first kappa shape index (κ1) is 11.1. The zero-order chi connectivity index (χ0) is 11.3. The maximum Gasteiger partial charge on any atom is 0.312 e. The van der Waals surface area contributed by atoms with Crippen molar-refractivity contribution in [2.45, 2.75) is 16.1 Å². The van der Waals surface area contributed by atoms with E-state index in [1.807, 2.05) is 30.3 Å². The van der Waals surface area contributed by atoms with Crippen molar-refractivity contribution in [3.05, 3.63) is 35.9 Å². The summed E-state index contributed by atoms with van der Waals surface area (Å²) in [6.45, 7) is 1.75. The van der Waals surface area contributed by atoms with E-state index in [0.29, 0.717) is 0 Å². The Labute approximate surface area is 105 Å². The quantitative estimate of drug-likeness (QED) is 0.843. The summed E-state index contributed by atoms with van der Waals surface area (Å²) >= 11 is 6.90. The summed E-state index contributed by atoms with van der Waals surface area (Å²) in [6.07, 6.45) is 0. The Balaban J connectivity index is 2.39. The van der Waals surface area contributed by atoms with E-state index in [-0.39, 0.29) is 5.92 Å². The van der Waals surface area contributed by atoms with Gasteiger partial charge in [-0.2, -0.15) is 0 Å². The number of carbonyl (C=O) groups is 1. The Morgan fingerprint density at radius 1 is 1.33 bits per heavy atom. The van der Waals surface area contributed by atoms with Crippen LogP contribution in [0.15, 0.2) is 30.3 Å². The first-order chi connectivity index (χ1) is 6.92. The highest BCUT2D eigenvalue weighted by Crippen LogP contribution is 2.75. The van der Waals surface area contributed by atoms with Crippen LogP contribution in [-0.2, 0) is 4.79 Å². The lowest BCUT2D eigenvalue weighted by Crippen LogP contribution is -2.16. The van der Waals surface area contributed by atoms with Gasteiger partial charge in [0.1, 0.15) is 3.23 Å². The van der Waals surface area contributed by atoms with E-state index in [9.17, 15) is 9.90 Å². The molecule has 1 aliphatic carbocycles. The standard InChI is InChI=1S/C11H10Br2O2/c1-10(9(14)15)8(11(10,12)13)7-5-3-2-4-6-7/h2-6,8H,1H3,(H,14,15)/t8-,10+/m0/s1. The van der Waals surface area contributed by atoms with Gasteiger partial charge < -0.3 is 5.11 Å². The average molecular weight is 334 g/mol. The van der Waals surface area contributed by atoms with Crippen LogP contribution in [-0.4, -0.2) is 14.3 Å². The minimum absolute atomic E-state index is 0.0382. The minimum Gasteiger partial charge on any atom is -0.481 e. The van der Waals surface area contributed by atoms with Gasteiger partial charge in [-0.3, -0.25) is 4.79 Å². The molecule has 1 fully saturated rings. The third-order valence-corrected chi connectivity index (χ3v) is 5.69. The van der Waals surface area contributed by atoms with Gasteiger partial charge in [-0.15, -0.1) is 0 Å². The number of carboxylic acid groups (broad SMARTS) is 1. The third kappa shape index (κ3) is 1.38. The molecule has 1 aliphatic rings. The van der Waals surface area contributed by atoms with E-state index in [1.165, 1.54) is 0 Å². The SMILES string of the molecule is C[C@]1(C(=O)O)[C@H](c2ccccc2)C1(Br)Br. The Kier molecular flexibility index (Phi) is 2.47. The van der Waals surface area contributed by atoms with Gasteiger partial charge in [0, 0.05) is 5.92 Å². The van der Waals surface area contributed by atoms with E-state index in [0.717, 1.165) is 5.56 Å². The highest BCUT2D eigenvalue weighted by molar-refractivity contribution is 9.25. The van der Waals surface area contributed by atoms with Crippen molar-refractivity contribution in [1.29, 1.82) is 0 Å². The summed E-state index contributed by atoms with van der Waals surface area (Å²) in [4.78, 5) is 11.2. The Morgan fingerprint density at radius 3 is 2.27 bits per heavy atom. The van der Waals surface area contributed by atoms with Crippen molar-refractivity contribution in [3.8, 4) is 0 Å². The average Bonchev–Trinajstić information content (AvgIpc) is 2.64. The second-order valence-corrected chi connectivity index (χ2v) is 7.54. The summed E-state index contributed by atoms with van der Waals surface area (Å²) in [6, 6.07) is 9.68. The Bertz CT molecular complexity index is 402. The molecule has 0 saturated heterocycles. The smallest absolute Gasteiger partial charge is 0.312 e. The van der Waals surface area contributed by atoms with Crippen molar-refractivity contribution in [2.24, 2.45) is 5.41 Å². The molecule has 2 rings (SSSR count). The van der Waals surface area contributed by atoms with Crippen molar-refractivity contribution in [2.75, 3.05) is 0 Å². The first-order valence-corrected chi connectivity index (χ1v) is 6.17. The van der Waals surface area contributed by atoms with Gasteiger partial charge in [-0.25, -0.2) is 0 Å². The van der Waals surface area contributed by atoms with E-state index in [1.54, 1.807) is 6.92 Å². The zero-order valence-corrected chi connectivity index (χ0v) is 11.2. The normalized spacial score (nSPS) is 32.3. The molecule has 0 amide bonds. The second kappa shape index (κ2) is 3.32. The maximum atomic E-state index is 11.2. The highest BCUT2D eigenvalue weighted by Gasteiger charge is 2.77. The number of alkyl halides is 2. The van der Waals surface area contributed by atoms with Gasteiger partial charge in [-0.1, -0.05) is 62.2 Å². The fourth-order valence-electron chi connectivity index (χ4n) is 1.99. The minimum atomic E-state index is -0.787. The van der Waals surface area contributed by atoms with Gasteiger partial charge in [0.05, 0.1) is 5.41 Å². The molecule has 2 nitrogen and oxygen atoms in total. The fraction of sp³-hybridized carbons (Fsp3) is 0.364. The third-order valence-electron chi connectivity index (χ3n) is 3.13. The lowest BCUT2D eigenvalue weighted by atomic mass is 10.0. The highest BCUT2D eigenvalue weighted by atomic mass is 79.9. The molecule has 0 aromatic heterocycles. The van der Waals surface area contributed by atoms with Crippen LogP contribution in [0.3, 0.4) is 0 Å². The molecule has 1 aromatic carbocycles. The van der Waals surface area contributed by atoms with Gasteiger partial charge >= 0.3 is 5.97 Å². The van der Waals surface area contributed by atoms with Crippen molar-refractivity contribution < 1.29 is 9.90 Å². The Hall–Kier alpha value is -0.350. The second-order valence-electron chi connectivity index (χ2n) is 3.97. The molecule has 1 N–H and O–H groups in total. The molecule has 0 spiro atoms. The van der Waals surface area contributed by atoms with E-state index in [4.69, 9.17) is 0 Å². The lowest BCUT2D eigenvalue weighted by molar-refractivity contribution is -0.142. The molecular weight excluding hydrogens is 324 g/mol. The largest absolute Gasteiger partial charge is 0.481 e. The molecule has 1 aromatic rings. The molecule has 1 saturated carbocycles. The first-order valence-electron chi connectivity index (χ1n) is 4.58. The van der Waals surface area contributed by atoms with E-state index < -0.39 is 14.6 Å². The molecule has 0 radical (unpaired) electrons. The number of rotatable bonds is 2.